The van der Waals surface area contributed by atoms with Gasteiger partial charge in [-0.1, -0.05) is 12.1 Å². The Morgan fingerprint density at radius 2 is 1.83 bits per heavy atom. The van der Waals surface area contributed by atoms with Crippen molar-refractivity contribution in [2.45, 2.75) is 0 Å². The lowest BCUT2D eigenvalue weighted by Gasteiger charge is -2.28. The first-order chi connectivity index (χ1) is 11.7. The molecule has 1 fully saturated rings. The minimum atomic E-state index is -0.910. The van der Waals surface area contributed by atoms with Gasteiger partial charge in [-0.3, -0.25) is 0 Å². The monoisotopic (exact) mass is 322 g/mol. The molecule has 2 aromatic carbocycles. The van der Waals surface area contributed by atoms with Crippen molar-refractivity contribution in [3.05, 3.63) is 54.2 Å². The number of aromatic carboxylic acids is 1. The van der Waals surface area contributed by atoms with Gasteiger partial charge >= 0.3 is 5.97 Å². The number of nitrogens with zero attached hydrogens (tertiary/aromatic N) is 1. The zero-order valence-electron chi connectivity index (χ0n) is 13.2. The minimum Gasteiger partial charge on any atom is -0.478 e. The van der Waals surface area contributed by atoms with Crippen molar-refractivity contribution in [2.75, 3.05) is 31.2 Å². The number of morpholine rings is 1. The molecule has 0 aliphatic carbocycles. The average molecular weight is 322 g/mol. The molecule has 5 nitrogen and oxygen atoms in total. The van der Waals surface area contributed by atoms with E-state index in [2.05, 4.69) is 34.1 Å². The number of fused-ring (bicyclic) bond motifs is 1. The van der Waals surface area contributed by atoms with Crippen molar-refractivity contribution in [3.63, 3.8) is 0 Å². The molecule has 5 heteroatoms. The van der Waals surface area contributed by atoms with Crippen LogP contribution in [0.4, 0.5) is 5.69 Å². The summed E-state index contributed by atoms with van der Waals surface area (Å²) < 4.78 is 5.39. The Bertz CT molecular complexity index is 877. The van der Waals surface area contributed by atoms with Crippen molar-refractivity contribution in [1.29, 1.82) is 0 Å². The fourth-order valence-corrected chi connectivity index (χ4v) is 3.17. The predicted octanol–water partition coefficient (Wildman–Crippen LogP) is 3.37. The number of anilines is 1. The van der Waals surface area contributed by atoms with E-state index in [1.54, 1.807) is 12.1 Å². The number of hydrogen-bond acceptors (Lipinski definition) is 3. The van der Waals surface area contributed by atoms with Crippen LogP contribution in [-0.4, -0.2) is 42.4 Å². The second-order valence-corrected chi connectivity index (χ2v) is 5.91. The molecule has 0 spiro atoms. The summed E-state index contributed by atoms with van der Waals surface area (Å²) in [6.45, 7) is 3.35. The number of ether oxygens (including phenoxy) is 1. The van der Waals surface area contributed by atoms with Gasteiger partial charge < -0.3 is 19.7 Å². The number of aromatic amines is 1. The standard InChI is InChI=1S/C19H18N2O3/c22-19(23)14-3-6-18-16(11-14)17(12-20-18)13-1-4-15(5-2-13)21-7-9-24-10-8-21/h1-6,11-12,20H,7-10H2,(H,22,23). The lowest BCUT2D eigenvalue weighted by Crippen LogP contribution is -2.36. The van der Waals surface area contributed by atoms with E-state index in [-0.39, 0.29) is 0 Å². The van der Waals surface area contributed by atoms with Gasteiger partial charge in [-0.25, -0.2) is 4.79 Å². The van der Waals surface area contributed by atoms with Crippen molar-refractivity contribution < 1.29 is 14.6 Å². The topological polar surface area (TPSA) is 65.6 Å². The molecule has 24 heavy (non-hydrogen) atoms. The summed E-state index contributed by atoms with van der Waals surface area (Å²) >= 11 is 0. The lowest BCUT2D eigenvalue weighted by atomic mass is 10.0. The highest BCUT2D eigenvalue weighted by Crippen LogP contribution is 2.31. The largest absolute Gasteiger partial charge is 0.478 e. The molecule has 1 aromatic heterocycles. The maximum Gasteiger partial charge on any atom is 0.335 e. The molecule has 0 saturated carbocycles. The third kappa shape index (κ3) is 2.63. The van der Waals surface area contributed by atoms with Gasteiger partial charge in [-0.2, -0.15) is 0 Å². The molecule has 0 amide bonds. The first kappa shape index (κ1) is 14.8. The highest BCUT2D eigenvalue weighted by molar-refractivity contribution is 6.00. The van der Waals surface area contributed by atoms with E-state index in [4.69, 9.17) is 4.74 Å². The van der Waals surface area contributed by atoms with E-state index in [0.717, 1.165) is 48.3 Å². The van der Waals surface area contributed by atoms with Crippen molar-refractivity contribution in [2.24, 2.45) is 0 Å². The van der Waals surface area contributed by atoms with Crippen molar-refractivity contribution in [3.8, 4) is 11.1 Å². The number of hydrogen-bond donors (Lipinski definition) is 2. The normalized spacial score (nSPS) is 14.9. The Morgan fingerprint density at radius 1 is 1.08 bits per heavy atom. The summed E-state index contributed by atoms with van der Waals surface area (Å²) in [7, 11) is 0. The Labute approximate surface area is 139 Å². The van der Waals surface area contributed by atoms with E-state index in [9.17, 15) is 9.90 Å². The van der Waals surface area contributed by atoms with Crippen LogP contribution in [0.3, 0.4) is 0 Å². The van der Waals surface area contributed by atoms with Crippen LogP contribution in [0.1, 0.15) is 10.4 Å². The number of H-pyrrole nitrogens is 1. The maximum atomic E-state index is 11.2. The van der Waals surface area contributed by atoms with E-state index in [0.29, 0.717) is 5.56 Å². The lowest BCUT2D eigenvalue weighted by molar-refractivity contribution is 0.0697. The molecule has 2 heterocycles. The number of rotatable bonds is 3. The van der Waals surface area contributed by atoms with Gasteiger partial charge in [0.25, 0.3) is 0 Å². The third-order valence-corrected chi connectivity index (χ3v) is 4.48. The number of carbonyl (C=O) groups is 1. The molecule has 0 radical (unpaired) electrons. The van der Waals surface area contributed by atoms with Gasteiger partial charge in [-0.15, -0.1) is 0 Å². The number of benzene rings is 2. The zero-order valence-corrected chi connectivity index (χ0v) is 13.2. The van der Waals surface area contributed by atoms with E-state index >= 15 is 0 Å². The van der Waals surface area contributed by atoms with Gasteiger partial charge in [0.1, 0.15) is 0 Å². The summed E-state index contributed by atoms with van der Waals surface area (Å²) in [5.41, 5.74) is 4.51. The van der Waals surface area contributed by atoms with Crippen molar-refractivity contribution >= 4 is 22.6 Å². The average Bonchev–Trinajstić information content (AvgIpc) is 3.06. The summed E-state index contributed by atoms with van der Waals surface area (Å²) in [5, 5.41) is 10.1. The fourth-order valence-electron chi connectivity index (χ4n) is 3.17. The Morgan fingerprint density at radius 3 is 2.54 bits per heavy atom. The van der Waals surface area contributed by atoms with Crippen LogP contribution in [0.2, 0.25) is 0 Å². The first-order valence-electron chi connectivity index (χ1n) is 8.00. The quantitative estimate of drug-likeness (QED) is 0.776. The molecule has 0 atom stereocenters. The predicted molar refractivity (Wildman–Crippen MR) is 93.7 cm³/mol. The Kier molecular flexibility index (Phi) is 3.70. The first-order valence-corrected chi connectivity index (χ1v) is 8.00. The fraction of sp³-hybridized carbons (Fsp3) is 0.211. The molecule has 122 valence electrons. The second-order valence-electron chi connectivity index (χ2n) is 5.91. The molecular weight excluding hydrogens is 304 g/mol. The molecule has 1 aliphatic heterocycles. The van der Waals surface area contributed by atoms with Gasteiger partial charge in [0.2, 0.25) is 0 Å². The molecule has 1 saturated heterocycles. The summed E-state index contributed by atoms with van der Waals surface area (Å²) in [6.07, 6.45) is 1.93. The van der Waals surface area contributed by atoms with Crippen LogP contribution in [0.25, 0.3) is 22.0 Å². The highest BCUT2D eigenvalue weighted by Gasteiger charge is 2.13. The van der Waals surface area contributed by atoms with E-state index in [1.807, 2.05) is 12.3 Å². The summed E-state index contributed by atoms with van der Waals surface area (Å²) in [4.78, 5) is 16.7. The maximum absolute atomic E-state index is 11.2. The van der Waals surface area contributed by atoms with Crippen molar-refractivity contribution in [1.82, 2.24) is 4.98 Å². The van der Waals surface area contributed by atoms with Crippen LogP contribution in [-0.2, 0) is 4.74 Å². The van der Waals surface area contributed by atoms with Gasteiger partial charge in [0, 0.05) is 41.4 Å². The Balaban J connectivity index is 1.69. The summed E-state index contributed by atoms with van der Waals surface area (Å²) in [6, 6.07) is 13.5. The smallest absolute Gasteiger partial charge is 0.335 e. The molecule has 2 N–H and O–H groups in total. The highest BCUT2D eigenvalue weighted by atomic mass is 16.5. The summed E-state index contributed by atoms with van der Waals surface area (Å²) in [5.74, 6) is -0.910. The number of nitrogens with one attached hydrogen (secondary N) is 1. The molecule has 3 aromatic rings. The van der Waals surface area contributed by atoms with Crippen LogP contribution in [0, 0.1) is 0 Å². The van der Waals surface area contributed by atoms with E-state index < -0.39 is 5.97 Å². The third-order valence-electron chi connectivity index (χ3n) is 4.48. The Hall–Kier alpha value is -2.79. The molecular formula is C19H18N2O3. The molecule has 0 unspecified atom stereocenters. The molecule has 0 bridgehead atoms. The van der Waals surface area contributed by atoms with Gasteiger partial charge in [0.15, 0.2) is 0 Å². The van der Waals surface area contributed by atoms with Gasteiger partial charge in [0.05, 0.1) is 18.8 Å². The van der Waals surface area contributed by atoms with E-state index in [1.165, 1.54) is 5.69 Å². The number of carboxylic acid groups (broad SMARTS) is 1. The zero-order chi connectivity index (χ0) is 16.5. The van der Waals surface area contributed by atoms with Gasteiger partial charge in [-0.05, 0) is 35.9 Å². The van der Waals surface area contributed by atoms with Crippen LogP contribution >= 0.6 is 0 Å². The number of aromatic nitrogens is 1. The molecule has 4 rings (SSSR count). The number of carboxylic acids is 1. The molecule has 1 aliphatic rings. The SMILES string of the molecule is O=C(O)c1ccc2[nH]cc(-c3ccc(N4CCOCC4)cc3)c2c1. The van der Waals surface area contributed by atoms with Crippen LogP contribution in [0.15, 0.2) is 48.7 Å². The minimum absolute atomic E-state index is 0.299. The second kappa shape index (κ2) is 6.02. The van der Waals surface area contributed by atoms with Crippen LogP contribution in [0.5, 0.6) is 0 Å². The van der Waals surface area contributed by atoms with Crippen LogP contribution < -0.4 is 4.90 Å².